The number of nitrogens with zero attached hydrogens (tertiary/aromatic N) is 5. The summed E-state index contributed by atoms with van der Waals surface area (Å²) < 4.78 is 7.18. The maximum atomic E-state index is 13.0. The monoisotopic (exact) mass is 448 g/mol. The van der Waals surface area contributed by atoms with E-state index < -0.39 is 0 Å². The molecule has 2 aliphatic rings. The predicted molar refractivity (Wildman–Crippen MR) is 128 cm³/mol. The van der Waals surface area contributed by atoms with Crippen molar-refractivity contribution in [2.24, 2.45) is 5.92 Å². The molecule has 174 valence electrons. The Kier molecular flexibility index (Phi) is 6.03. The van der Waals surface area contributed by atoms with Crippen molar-refractivity contribution in [3.05, 3.63) is 54.0 Å². The Morgan fingerprint density at radius 1 is 1.12 bits per heavy atom. The van der Waals surface area contributed by atoms with Gasteiger partial charge >= 0.3 is 0 Å². The van der Waals surface area contributed by atoms with E-state index in [4.69, 9.17) is 4.74 Å². The molecule has 1 amide bonds. The number of piperazine rings is 1. The number of anilines is 1. The van der Waals surface area contributed by atoms with Crippen molar-refractivity contribution < 1.29 is 9.53 Å². The molecule has 1 saturated carbocycles. The normalized spacial score (nSPS) is 19.8. The molecule has 0 unspecified atom stereocenters. The van der Waals surface area contributed by atoms with Crippen LogP contribution >= 0.6 is 0 Å². The highest BCUT2D eigenvalue weighted by atomic mass is 16.5. The van der Waals surface area contributed by atoms with Gasteiger partial charge in [-0.25, -0.2) is 0 Å². The number of amides is 1. The van der Waals surface area contributed by atoms with E-state index in [9.17, 15) is 4.79 Å². The number of rotatable bonds is 7. The van der Waals surface area contributed by atoms with Crippen molar-refractivity contribution >= 4 is 17.2 Å². The third kappa shape index (κ3) is 4.72. The molecule has 0 spiro atoms. The number of fused-ring (bicyclic) bond motifs is 1. The SMILES string of the molecule is COc1ccc(NC(=O)c2ccc3nnc([C@H]4CN(CC5CC5)CCN4C(C)C)n3c2)cc1. The van der Waals surface area contributed by atoms with E-state index in [-0.39, 0.29) is 11.9 Å². The molecule has 1 atom stereocenters. The second-order valence-electron chi connectivity index (χ2n) is 9.44. The average Bonchev–Trinajstić information content (AvgIpc) is 3.54. The first kappa shape index (κ1) is 21.9. The van der Waals surface area contributed by atoms with Crippen molar-refractivity contribution in [1.82, 2.24) is 24.4 Å². The van der Waals surface area contributed by atoms with Gasteiger partial charge in [0.05, 0.1) is 18.7 Å². The molecule has 3 aromatic rings. The highest BCUT2D eigenvalue weighted by Crippen LogP contribution is 2.33. The van der Waals surface area contributed by atoms with Crippen LogP contribution in [0.5, 0.6) is 5.75 Å². The second-order valence-corrected chi connectivity index (χ2v) is 9.44. The van der Waals surface area contributed by atoms with Crippen LogP contribution in [0, 0.1) is 5.92 Å². The quantitative estimate of drug-likeness (QED) is 0.597. The van der Waals surface area contributed by atoms with Crippen molar-refractivity contribution in [3.63, 3.8) is 0 Å². The van der Waals surface area contributed by atoms with Crippen LogP contribution in [0.3, 0.4) is 0 Å². The minimum atomic E-state index is -0.165. The number of benzene rings is 1. The van der Waals surface area contributed by atoms with Gasteiger partial charge in [-0.3, -0.25) is 19.0 Å². The fraction of sp³-hybridized carbons (Fsp3) is 0.480. The van der Waals surface area contributed by atoms with E-state index in [1.54, 1.807) is 13.2 Å². The number of hydrogen-bond acceptors (Lipinski definition) is 6. The summed E-state index contributed by atoms with van der Waals surface area (Å²) in [6.07, 6.45) is 4.58. The Labute approximate surface area is 194 Å². The summed E-state index contributed by atoms with van der Waals surface area (Å²) in [5, 5.41) is 12.0. The highest BCUT2D eigenvalue weighted by molar-refractivity contribution is 6.04. The summed E-state index contributed by atoms with van der Waals surface area (Å²) in [7, 11) is 1.62. The molecule has 2 fully saturated rings. The molecule has 1 N–H and O–H groups in total. The van der Waals surface area contributed by atoms with Gasteiger partial charge in [0.25, 0.3) is 5.91 Å². The lowest BCUT2D eigenvalue weighted by molar-refractivity contribution is 0.0437. The smallest absolute Gasteiger partial charge is 0.257 e. The van der Waals surface area contributed by atoms with Gasteiger partial charge in [-0.2, -0.15) is 0 Å². The van der Waals surface area contributed by atoms with Gasteiger partial charge in [-0.1, -0.05) is 0 Å². The number of methoxy groups -OCH3 is 1. The van der Waals surface area contributed by atoms with Crippen LogP contribution in [0.2, 0.25) is 0 Å². The van der Waals surface area contributed by atoms with Crippen LogP contribution in [-0.4, -0.2) is 69.6 Å². The molecule has 3 heterocycles. The minimum absolute atomic E-state index is 0.146. The van der Waals surface area contributed by atoms with Crippen molar-refractivity contribution in [2.75, 3.05) is 38.6 Å². The van der Waals surface area contributed by atoms with Gasteiger partial charge in [-0.05, 0) is 69.0 Å². The average molecular weight is 449 g/mol. The Bertz CT molecular complexity index is 1120. The van der Waals surface area contributed by atoms with Gasteiger partial charge in [0.15, 0.2) is 11.5 Å². The Balaban J connectivity index is 1.40. The number of pyridine rings is 1. The van der Waals surface area contributed by atoms with Gasteiger partial charge < -0.3 is 10.1 Å². The zero-order chi connectivity index (χ0) is 22.9. The molecule has 8 nitrogen and oxygen atoms in total. The summed E-state index contributed by atoms with van der Waals surface area (Å²) >= 11 is 0. The van der Waals surface area contributed by atoms with Crippen LogP contribution in [0.15, 0.2) is 42.6 Å². The van der Waals surface area contributed by atoms with Crippen LogP contribution in [-0.2, 0) is 0 Å². The third-order valence-electron chi connectivity index (χ3n) is 6.72. The standard InChI is InChI=1S/C25H32N6O2/c1-17(2)30-13-12-29(14-18-4-5-18)16-22(30)24-28-27-23-11-6-19(15-31(23)24)25(32)26-20-7-9-21(33-3)10-8-20/h6-11,15,17-18,22H,4-5,12-14,16H2,1-3H3,(H,26,32)/t22-/m1/s1. The van der Waals surface area contributed by atoms with Crippen LogP contribution in [0.25, 0.3) is 5.65 Å². The van der Waals surface area contributed by atoms with Crippen molar-refractivity contribution in [3.8, 4) is 5.75 Å². The lowest BCUT2D eigenvalue weighted by atomic mass is 10.1. The van der Waals surface area contributed by atoms with Crippen LogP contribution in [0.1, 0.15) is 48.9 Å². The molecule has 1 aromatic carbocycles. The maximum absolute atomic E-state index is 13.0. The molecule has 0 bridgehead atoms. The molecule has 1 aliphatic carbocycles. The molecule has 8 heteroatoms. The number of carbonyl (C=O) groups excluding carboxylic acids is 1. The van der Waals surface area contributed by atoms with Gasteiger partial charge in [-0.15, -0.1) is 10.2 Å². The number of nitrogens with one attached hydrogen (secondary N) is 1. The highest BCUT2D eigenvalue weighted by Gasteiger charge is 2.35. The van der Waals surface area contributed by atoms with Crippen LogP contribution < -0.4 is 10.1 Å². The van der Waals surface area contributed by atoms with E-state index in [0.717, 1.165) is 48.5 Å². The summed E-state index contributed by atoms with van der Waals surface area (Å²) in [6, 6.07) is 11.5. The second kappa shape index (κ2) is 9.11. The first-order chi connectivity index (χ1) is 16.0. The van der Waals surface area contributed by atoms with Gasteiger partial charge in [0, 0.05) is 44.1 Å². The summed E-state index contributed by atoms with van der Waals surface area (Å²) in [5.74, 6) is 2.35. The van der Waals surface area contributed by atoms with E-state index in [0.29, 0.717) is 11.6 Å². The molecular formula is C25H32N6O2. The topological polar surface area (TPSA) is 75.0 Å². The lowest BCUT2D eigenvalue weighted by Crippen LogP contribution is -2.51. The molecule has 2 aromatic heterocycles. The zero-order valence-corrected chi connectivity index (χ0v) is 19.6. The van der Waals surface area contributed by atoms with Crippen molar-refractivity contribution in [1.29, 1.82) is 0 Å². The summed E-state index contributed by atoms with van der Waals surface area (Å²) in [4.78, 5) is 18.0. The first-order valence-electron chi connectivity index (χ1n) is 11.8. The number of carbonyl (C=O) groups is 1. The summed E-state index contributed by atoms with van der Waals surface area (Å²) in [5.41, 5.74) is 2.05. The number of aromatic nitrogens is 3. The van der Waals surface area contributed by atoms with E-state index in [1.807, 2.05) is 40.9 Å². The largest absolute Gasteiger partial charge is 0.497 e. The van der Waals surface area contributed by atoms with E-state index in [1.165, 1.54) is 19.4 Å². The molecule has 1 saturated heterocycles. The number of hydrogen-bond donors (Lipinski definition) is 1. The Morgan fingerprint density at radius 3 is 2.61 bits per heavy atom. The molecular weight excluding hydrogens is 416 g/mol. The van der Waals surface area contributed by atoms with E-state index in [2.05, 4.69) is 39.2 Å². The Hall–Kier alpha value is -2.97. The number of ether oxygens (including phenoxy) is 1. The molecule has 0 radical (unpaired) electrons. The van der Waals surface area contributed by atoms with Gasteiger partial charge in [0.1, 0.15) is 5.75 Å². The predicted octanol–water partition coefficient (Wildman–Crippen LogP) is 3.47. The summed E-state index contributed by atoms with van der Waals surface area (Å²) in [6.45, 7) is 8.70. The van der Waals surface area contributed by atoms with Gasteiger partial charge in [0.2, 0.25) is 0 Å². The first-order valence-corrected chi connectivity index (χ1v) is 11.8. The fourth-order valence-electron chi connectivity index (χ4n) is 4.68. The minimum Gasteiger partial charge on any atom is -0.497 e. The van der Waals surface area contributed by atoms with E-state index >= 15 is 0 Å². The zero-order valence-electron chi connectivity index (χ0n) is 19.6. The molecule has 5 rings (SSSR count). The third-order valence-corrected chi connectivity index (χ3v) is 6.72. The fourth-order valence-corrected chi connectivity index (χ4v) is 4.68. The molecule has 1 aliphatic heterocycles. The lowest BCUT2D eigenvalue weighted by Gasteiger charge is -2.42. The molecule has 33 heavy (non-hydrogen) atoms. The van der Waals surface area contributed by atoms with Crippen LogP contribution in [0.4, 0.5) is 5.69 Å². The maximum Gasteiger partial charge on any atom is 0.257 e. The Morgan fingerprint density at radius 2 is 1.91 bits per heavy atom. The van der Waals surface area contributed by atoms with Crippen molar-refractivity contribution in [2.45, 2.75) is 38.8 Å².